The van der Waals surface area contributed by atoms with Crippen molar-refractivity contribution >= 4 is 28.2 Å². The molecule has 7 heteroatoms. The second kappa shape index (κ2) is 5.61. The van der Waals surface area contributed by atoms with Gasteiger partial charge in [0.2, 0.25) is 0 Å². The van der Waals surface area contributed by atoms with Crippen molar-refractivity contribution in [2.75, 3.05) is 5.32 Å². The number of hydrogen-bond donors (Lipinski definition) is 2. The highest BCUT2D eigenvalue weighted by molar-refractivity contribution is 7.16. The van der Waals surface area contributed by atoms with Gasteiger partial charge in [0, 0.05) is 10.9 Å². The van der Waals surface area contributed by atoms with E-state index in [4.69, 9.17) is 5.11 Å². The summed E-state index contributed by atoms with van der Waals surface area (Å²) < 4.78 is 26.4. The van der Waals surface area contributed by atoms with E-state index in [9.17, 15) is 18.4 Å². The van der Waals surface area contributed by atoms with Crippen LogP contribution in [-0.2, 0) is 0 Å². The van der Waals surface area contributed by atoms with Gasteiger partial charge in [0.1, 0.15) is 16.6 Å². The van der Waals surface area contributed by atoms with E-state index in [-0.39, 0.29) is 16.1 Å². The molecular formula is C14H11F2NO3S. The zero-order valence-corrected chi connectivity index (χ0v) is 12.0. The highest BCUT2D eigenvalue weighted by atomic mass is 32.1. The van der Waals surface area contributed by atoms with Crippen molar-refractivity contribution in [3.8, 4) is 0 Å². The van der Waals surface area contributed by atoms with Crippen LogP contribution >= 0.6 is 11.3 Å². The molecular weight excluding hydrogens is 300 g/mol. The van der Waals surface area contributed by atoms with Gasteiger partial charge in [-0.2, -0.15) is 0 Å². The molecule has 0 fully saturated rings. The number of carboxylic acids is 1. The summed E-state index contributed by atoms with van der Waals surface area (Å²) in [6.45, 7) is 3.35. The fourth-order valence-electron chi connectivity index (χ4n) is 1.82. The molecule has 0 saturated carbocycles. The predicted octanol–water partition coefficient (Wildman–Crippen LogP) is 3.59. The van der Waals surface area contributed by atoms with E-state index in [1.54, 1.807) is 13.8 Å². The molecule has 1 aromatic carbocycles. The van der Waals surface area contributed by atoms with Gasteiger partial charge in [0.15, 0.2) is 0 Å². The standard InChI is InChI=1S/C14H11F2NO3S/c1-6-7(2)21-13(11(6)14(19)20)17-12(18)9-4-3-8(15)5-10(9)16/h3-5H,1-2H3,(H,17,18)(H,19,20). The Labute approximate surface area is 123 Å². The summed E-state index contributed by atoms with van der Waals surface area (Å²) in [6, 6.07) is 2.56. The molecule has 2 rings (SSSR count). The van der Waals surface area contributed by atoms with E-state index in [0.29, 0.717) is 11.6 Å². The van der Waals surface area contributed by atoms with Crippen LogP contribution < -0.4 is 5.32 Å². The minimum absolute atomic E-state index is 0.0200. The second-order valence-corrected chi connectivity index (χ2v) is 5.60. The van der Waals surface area contributed by atoms with E-state index in [1.165, 1.54) is 0 Å². The zero-order valence-electron chi connectivity index (χ0n) is 11.2. The predicted molar refractivity (Wildman–Crippen MR) is 75.1 cm³/mol. The van der Waals surface area contributed by atoms with Crippen LogP contribution in [0.25, 0.3) is 0 Å². The van der Waals surface area contributed by atoms with Gasteiger partial charge in [0.05, 0.1) is 11.1 Å². The molecule has 2 N–H and O–H groups in total. The number of anilines is 1. The molecule has 0 bridgehead atoms. The number of thiophene rings is 1. The van der Waals surface area contributed by atoms with E-state index in [0.717, 1.165) is 28.3 Å². The van der Waals surface area contributed by atoms with Crippen LogP contribution in [0, 0.1) is 25.5 Å². The molecule has 0 radical (unpaired) electrons. The van der Waals surface area contributed by atoms with Crippen LogP contribution in [-0.4, -0.2) is 17.0 Å². The van der Waals surface area contributed by atoms with E-state index < -0.39 is 23.5 Å². The first-order valence-electron chi connectivity index (χ1n) is 5.91. The number of aromatic carboxylic acids is 1. The Morgan fingerprint density at radius 1 is 1.24 bits per heavy atom. The molecule has 0 spiro atoms. The van der Waals surface area contributed by atoms with Gasteiger partial charge in [0.25, 0.3) is 5.91 Å². The number of halogens is 2. The van der Waals surface area contributed by atoms with Crippen LogP contribution in [0.2, 0.25) is 0 Å². The first-order valence-corrected chi connectivity index (χ1v) is 6.72. The van der Waals surface area contributed by atoms with Crippen LogP contribution in [0.5, 0.6) is 0 Å². The smallest absolute Gasteiger partial charge is 0.338 e. The molecule has 0 aliphatic carbocycles. The number of rotatable bonds is 3. The molecule has 1 aromatic heterocycles. The molecule has 0 aliphatic rings. The lowest BCUT2D eigenvalue weighted by Crippen LogP contribution is -2.15. The maximum atomic E-state index is 13.5. The Kier molecular flexibility index (Phi) is 4.04. The maximum absolute atomic E-state index is 13.5. The van der Waals surface area contributed by atoms with Crippen LogP contribution in [0.3, 0.4) is 0 Å². The fourth-order valence-corrected chi connectivity index (χ4v) is 2.86. The largest absolute Gasteiger partial charge is 0.478 e. The third-order valence-corrected chi connectivity index (χ3v) is 4.12. The van der Waals surface area contributed by atoms with E-state index >= 15 is 0 Å². The summed E-state index contributed by atoms with van der Waals surface area (Å²) >= 11 is 1.09. The topological polar surface area (TPSA) is 66.4 Å². The van der Waals surface area contributed by atoms with Gasteiger partial charge in [-0.3, -0.25) is 4.79 Å². The van der Waals surface area contributed by atoms with Gasteiger partial charge in [-0.25, -0.2) is 13.6 Å². The van der Waals surface area contributed by atoms with Gasteiger partial charge in [-0.1, -0.05) is 0 Å². The van der Waals surface area contributed by atoms with Gasteiger partial charge in [-0.05, 0) is 31.5 Å². The summed E-state index contributed by atoms with van der Waals surface area (Å²) in [5, 5.41) is 11.7. The van der Waals surface area contributed by atoms with Crippen molar-refractivity contribution in [3.05, 3.63) is 51.4 Å². The molecule has 4 nitrogen and oxygen atoms in total. The number of nitrogens with one attached hydrogen (secondary N) is 1. The van der Waals surface area contributed by atoms with Gasteiger partial charge >= 0.3 is 5.97 Å². The normalized spacial score (nSPS) is 10.5. The molecule has 1 heterocycles. The second-order valence-electron chi connectivity index (χ2n) is 4.37. The Bertz CT molecular complexity index is 740. The number of carbonyl (C=O) groups excluding carboxylic acids is 1. The fraction of sp³-hybridized carbons (Fsp3) is 0.143. The Hall–Kier alpha value is -2.28. The van der Waals surface area contributed by atoms with Crippen molar-refractivity contribution in [1.29, 1.82) is 0 Å². The number of benzene rings is 1. The molecule has 0 unspecified atom stereocenters. The average Bonchev–Trinajstić information content (AvgIpc) is 2.64. The highest BCUT2D eigenvalue weighted by Crippen LogP contribution is 2.32. The Balaban J connectivity index is 2.36. The van der Waals surface area contributed by atoms with Crippen molar-refractivity contribution in [2.45, 2.75) is 13.8 Å². The molecule has 1 amide bonds. The molecule has 0 atom stereocenters. The summed E-state index contributed by atoms with van der Waals surface area (Å²) in [6.07, 6.45) is 0. The highest BCUT2D eigenvalue weighted by Gasteiger charge is 2.22. The Morgan fingerprint density at radius 2 is 1.90 bits per heavy atom. The SMILES string of the molecule is Cc1sc(NC(=O)c2ccc(F)cc2F)c(C(=O)O)c1C. The number of aryl methyl sites for hydroxylation is 1. The zero-order chi connectivity index (χ0) is 15.7. The molecule has 110 valence electrons. The lowest BCUT2D eigenvalue weighted by molar-refractivity contribution is 0.0697. The minimum atomic E-state index is -1.17. The Morgan fingerprint density at radius 3 is 2.48 bits per heavy atom. The number of carbonyl (C=O) groups is 2. The lowest BCUT2D eigenvalue weighted by atomic mass is 10.1. The van der Waals surface area contributed by atoms with E-state index in [2.05, 4.69) is 5.32 Å². The third kappa shape index (κ3) is 2.92. The summed E-state index contributed by atoms with van der Waals surface area (Å²) in [4.78, 5) is 23.9. The molecule has 21 heavy (non-hydrogen) atoms. The number of hydrogen-bond acceptors (Lipinski definition) is 3. The summed E-state index contributed by atoms with van der Waals surface area (Å²) in [5.74, 6) is -3.80. The maximum Gasteiger partial charge on any atom is 0.338 e. The monoisotopic (exact) mass is 311 g/mol. The van der Waals surface area contributed by atoms with Gasteiger partial charge in [-0.15, -0.1) is 11.3 Å². The third-order valence-electron chi connectivity index (χ3n) is 3.00. The quantitative estimate of drug-likeness (QED) is 0.910. The van der Waals surface area contributed by atoms with Crippen molar-refractivity contribution < 1.29 is 23.5 Å². The molecule has 2 aromatic rings. The summed E-state index contributed by atoms with van der Waals surface area (Å²) in [7, 11) is 0. The minimum Gasteiger partial charge on any atom is -0.478 e. The van der Waals surface area contributed by atoms with Crippen LogP contribution in [0.1, 0.15) is 31.2 Å². The van der Waals surface area contributed by atoms with Crippen LogP contribution in [0.15, 0.2) is 18.2 Å². The van der Waals surface area contributed by atoms with Crippen molar-refractivity contribution in [3.63, 3.8) is 0 Å². The first kappa shape index (κ1) is 15.1. The number of carboxylic acid groups (broad SMARTS) is 1. The average molecular weight is 311 g/mol. The number of amides is 1. The first-order chi connectivity index (χ1) is 9.81. The molecule has 0 saturated heterocycles. The van der Waals surface area contributed by atoms with Crippen molar-refractivity contribution in [1.82, 2.24) is 0 Å². The van der Waals surface area contributed by atoms with E-state index in [1.807, 2.05) is 0 Å². The lowest BCUT2D eigenvalue weighted by Gasteiger charge is -2.05. The van der Waals surface area contributed by atoms with Gasteiger partial charge < -0.3 is 10.4 Å². The van der Waals surface area contributed by atoms with Crippen LogP contribution in [0.4, 0.5) is 13.8 Å². The molecule has 0 aliphatic heterocycles. The summed E-state index contributed by atoms with van der Waals surface area (Å²) in [5.41, 5.74) is 0.173. The van der Waals surface area contributed by atoms with Crippen molar-refractivity contribution in [2.24, 2.45) is 0 Å².